The van der Waals surface area contributed by atoms with Crippen molar-refractivity contribution in [1.82, 2.24) is 14.7 Å². The number of sulfonamides is 1. The van der Waals surface area contributed by atoms with E-state index in [2.05, 4.69) is 20.0 Å². The van der Waals surface area contributed by atoms with E-state index in [1.807, 2.05) is 0 Å². The predicted molar refractivity (Wildman–Crippen MR) is 93.8 cm³/mol. The normalized spacial score (nSPS) is 11.0. The number of nitrogens with zero attached hydrogens (tertiary/aromatic N) is 2. The standard InChI is InChI=1S/C15H19N5O5S/c1-24-14-12(15(25-2)18-9-17-14)13(21)20-10-4-3-5-11(8-10)26(22,23)19-7-6-16/h3-5,8-9,19H,6-7,16H2,1-2H3,(H,20,21). The van der Waals surface area contributed by atoms with Gasteiger partial charge in [0, 0.05) is 18.8 Å². The van der Waals surface area contributed by atoms with Crippen LogP contribution in [0, 0.1) is 0 Å². The first-order valence-electron chi connectivity index (χ1n) is 7.47. The molecule has 0 atom stereocenters. The lowest BCUT2D eigenvalue weighted by Crippen LogP contribution is -2.29. The van der Waals surface area contributed by atoms with E-state index in [1.165, 1.54) is 38.7 Å². The molecule has 0 aliphatic heterocycles. The van der Waals surface area contributed by atoms with Crippen molar-refractivity contribution in [2.24, 2.45) is 5.73 Å². The van der Waals surface area contributed by atoms with Crippen LogP contribution in [-0.2, 0) is 10.0 Å². The van der Waals surface area contributed by atoms with Crippen molar-refractivity contribution in [3.8, 4) is 11.8 Å². The molecular formula is C15H19N5O5S. The molecule has 0 bridgehead atoms. The number of aromatic nitrogens is 2. The summed E-state index contributed by atoms with van der Waals surface area (Å²) in [6, 6.07) is 5.77. The number of carbonyl (C=O) groups excluding carboxylic acids is 1. The van der Waals surface area contributed by atoms with Gasteiger partial charge in [-0.25, -0.2) is 23.1 Å². The number of anilines is 1. The number of hydrogen-bond acceptors (Lipinski definition) is 8. The summed E-state index contributed by atoms with van der Waals surface area (Å²) < 4.78 is 36.8. The van der Waals surface area contributed by atoms with E-state index in [4.69, 9.17) is 15.2 Å². The van der Waals surface area contributed by atoms with Crippen LogP contribution >= 0.6 is 0 Å². The minimum atomic E-state index is -3.73. The van der Waals surface area contributed by atoms with E-state index < -0.39 is 15.9 Å². The van der Waals surface area contributed by atoms with E-state index in [-0.39, 0.29) is 41.0 Å². The van der Waals surface area contributed by atoms with E-state index in [0.29, 0.717) is 0 Å². The van der Waals surface area contributed by atoms with Crippen LogP contribution in [0.1, 0.15) is 10.4 Å². The summed E-state index contributed by atoms with van der Waals surface area (Å²) in [4.78, 5) is 20.3. The number of benzene rings is 1. The number of nitrogens with two attached hydrogens (primary N) is 1. The third-order valence-corrected chi connectivity index (χ3v) is 4.69. The second kappa shape index (κ2) is 8.56. The van der Waals surface area contributed by atoms with Crippen molar-refractivity contribution in [3.05, 3.63) is 36.2 Å². The molecule has 11 heteroatoms. The quantitative estimate of drug-likeness (QED) is 0.578. The van der Waals surface area contributed by atoms with Gasteiger partial charge in [0.25, 0.3) is 5.91 Å². The fourth-order valence-corrected chi connectivity index (χ4v) is 3.16. The van der Waals surface area contributed by atoms with Gasteiger partial charge in [-0.05, 0) is 18.2 Å². The maximum Gasteiger partial charge on any atom is 0.266 e. The maximum absolute atomic E-state index is 12.6. The van der Waals surface area contributed by atoms with Crippen LogP contribution in [0.2, 0.25) is 0 Å². The molecule has 1 amide bonds. The van der Waals surface area contributed by atoms with Crippen molar-refractivity contribution in [1.29, 1.82) is 0 Å². The van der Waals surface area contributed by atoms with Gasteiger partial charge in [0.1, 0.15) is 6.33 Å². The Labute approximate surface area is 150 Å². The molecule has 0 radical (unpaired) electrons. The Bertz CT molecular complexity index is 865. The SMILES string of the molecule is COc1ncnc(OC)c1C(=O)Nc1cccc(S(=O)(=O)NCCN)c1. The average molecular weight is 381 g/mol. The minimum absolute atomic E-state index is 0.00739. The number of hydrogen-bond donors (Lipinski definition) is 3. The molecule has 1 aromatic carbocycles. The van der Waals surface area contributed by atoms with Gasteiger partial charge in [0.05, 0.1) is 19.1 Å². The molecule has 0 aliphatic rings. The average Bonchev–Trinajstić information content (AvgIpc) is 2.65. The highest BCUT2D eigenvalue weighted by molar-refractivity contribution is 7.89. The summed E-state index contributed by atoms with van der Waals surface area (Å²) in [7, 11) is -1.01. The van der Waals surface area contributed by atoms with E-state index >= 15 is 0 Å². The summed E-state index contributed by atoms with van der Waals surface area (Å²) in [5, 5.41) is 2.58. The second-order valence-corrected chi connectivity index (χ2v) is 6.70. The number of rotatable bonds is 8. The van der Waals surface area contributed by atoms with Crippen LogP contribution in [0.4, 0.5) is 5.69 Å². The molecule has 2 aromatic rings. The second-order valence-electron chi connectivity index (χ2n) is 4.94. The van der Waals surface area contributed by atoms with Gasteiger partial charge in [0.2, 0.25) is 21.8 Å². The summed E-state index contributed by atoms with van der Waals surface area (Å²) in [5.41, 5.74) is 5.56. The molecule has 140 valence electrons. The molecule has 1 heterocycles. The molecule has 26 heavy (non-hydrogen) atoms. The molecule has 0 aliphatic carbocycles. The van der Waals surface area contributed by atoms with Gasteiger partial charge >= 0.3 is 0 Å². The maximum atomic E-state index is 12.6. The van der Waals surface area contributed by atoms with Gasteiger partial charge < -0.3 is 20.5 Å². The molecule has 4 N–H and O–H groups in total. The summed E-state index contributed by atoms with van der Waals surface area (Å²) in [5.74, 6) is -0.547. The van der Waals surface area contributed by atoms with E-state index in [0.717, 1.165) is 0 Å². The zero-order valence-electron chi connectivity index (χ0n) is 14.2. The Morgan fingerprint density at radius 3 is 2.42 bits per heavy atom. The highest BCUT2D eigenvalue weighted by Gasteiger charge is 2.22. The van der Waals surface area contributed by atoms with Crippen molar-refractivity contribution < 1.29 is 22.7 Å². The molecule has 0 unspecified atom stereocenters. The minimum Gasteiger partial charge on any atom is -0.480 e. The lowest BCUT2D eigenvalue weighted by atomic mass is 10.2. The Hall–Kier alpha value is -2.76. The Kier molecular flexibility index (Phi) is 6.44. The largest absolute Gasteiger partial charge is 0.480 e. The molecule has 10 nitrogen and oxygen atoms in total. The zero-order valence-corrected chi connectivity index (χ0v) is 15.0. The highest BCUT2D eigenvalue weighted by atomic mass is 32.2. The highest BCUT2D eigenvalue weighted by Crippen LogP contribution is 2.25. The first kappa shape index (κ1) is 19.6. The first-order valence-corrected chi connectivity index (χ1v) is 8.95. The Morgan fingerprint density at radius 1 is 1.19 bits per heavy atom. The first-order chi connectivity index (χ1) is 12.4. The molecule has 0 saturated carbocycles. The molecule has 0 fully saturated rings. The van der Waals surface area contributed by atoms with Crippen LogP contribution in [0.5, 0.6) is 11.8 Å². The number of nitrogens with one attached hydrogen (secondary N) is 2. The van der Waals surface area contributed by atoms with E-state index in [1.54, 1.807) is 6.07 Å². The lowest BCUT2D eigenvalue weighted by Gasteiger charge is -2.12. The fraction of sp³-hybridized carbons (Fsp3) is 0.267. The van der Waals surface area contributed by atoms with Gasteiger partial charge in [-0.3, -0.25) is 4.79 Å². The Balaban J connectivity index is 2.30. The van der Waals surface area contributed by atoms with Crippen molar-refractivity contribution in [3.63, 3.8) is 0 Å². The predicted octanol–water partition coefficient (Wildman–Crippen LogP) is -0.0169. The third-order valence-electron chi connectivity index (χ3n) is 3.23. The molecule has 0 spiro atoms. The van der Waals surface area contributed by atoms with Crippen molar-refractivity contribution in [2.75, 3.05) is 32.6 Å². The van der Waals surface area contributed by atoms with Crippen molar-refractivity contribution in [2.45, 2.75) is 4.90 Å². The van der Waals surface area contributed by atoms with Gasteiger partial charge in [-0.2, -0.15) is 0 Å². The van der Waals surface area contributed by atoms with Crippen molar-refractivity contribution >= 4 is 21.6 Å². The summed E-state index contributed by atoms with van der Waals surface area (Å²) in [6.07, 6.45) is 1.20. The number of ether oxygens (including phenoxy) is 2. The fourth-order valence-electron chi connectivity index (χ4n) is 2.07. The lowest BCUT2D eigenvalue weighted by molar-refractivity contribution is 0.101. The van der Waals surface area contributed by atoms with Crippen LogP contribution < -0.4 is 25.2 Å². The van der Waals surface area contributed by atoms with Gasteiger partial charge in [-0.15, -0.1) is 0 Å². The van der Waals surface area contributed by atoms with Gasteiger partial charge in [0.15, 0.2) is 5.56 Å². The van der Waals surface area contributed by atoms with Crippen LogP contribution in [-0.4, -0.2) is 51.6 Å². The summed E-state index contributed by atoms with van der Waals surface area (Å²) >= 11 is 0. The molecule has 0 saturated heterocycles. The topological polar surface area (TPSA) is 146 Å². The number of methoxy groups -OCH3 is 2. The van der Waals surface area contributed by atoms with Gasteiger partial charge in [-0.1, -0.05) is 6.07 Å². The van der Waals surface area contributed by atoms with Crippen LogP contribution in [0.15, 0.2) is 35.5 Å². The Morgan fingerprint density at radius 2 is 1.85 bits per heavy atom. The number of amides is 1. The van der Waals surface area contributed by atoms with Crippen LogP contribution in [0.25, 0.3) is 0 Å². The third kappa shape index (κ3) is 4.45. The monoisotopic (exact) mass is 381 g/mol. The smallest absolute Gasteiger partial charge is 0.266 e. The number of carbonyl (C=O) groups is 1. The zero-order chi connectivity index (χ0) is 19.2. The molecule has 1 aromatic heterocycles. The molecule has 2 rings (SSSR count). The summed E-state index contributed by atoms with van der Waals surface area (Å²) in [6.45, 7) is 0.276. The van der Waals surface area contributed by atoms with E-state index in [9.17, 15) is 13.2 Å². The van der Waals surface area contributed by atoms with Crippen LogP contribution in [0.3, 0.4) is 0 Å². The molecular weight excluding hydrogens is 362 g/mol.